The van der Waals surface area contributed by atoms with Gasteiger partial charge in [-0.2, -0.15) is 0 Å². The Kier molecular flexibility index (Phi) is 4.48. The molecule has 3 amide bonds. The molecule has 0 radical (unpaired) electrons. The van der Waals surface area contributed by atoms with E-state index >= 15 is 0 Å². The highest BCUT2D eigenvalue weighted by Crippen LogP contribution is 2.62. The molecule has 4 atom stereocenters. The van der Waals surface area contributed by atoms with Crippen LogP contribution in [0.1, 0.15) is 43.5 Å². The molecule has 0 unspecified atom stereocenters. The number of fused-ring (bicyclic) bond motifs is 2. The van der Waals surface area contributed by atoms with E-state index in [0.29, 0.717) is 24.3 Å². The van der Waals surface area contributed by atoms with E-state index in [0.717, 1.165) is 19.3 Å². The molecule has 1 aliphatic carbocycles. The van der Waals surface area contributed by atoms with E-state index in [-0.39, 0.29) is 17.6 Å². The zero-order chi connectivity index (χ0) is 20.1. The maximum Gasteiger partial charge on any atom is 0.244 e. The molecule has 1 aromatic carbocycles. The minimum Gasteiger partial charge on any atom is -0.344 e. The minimum absolute atomic E-state index is 0.111. The van der Waals surface area contributed by atoms with E-state index in [1.807, 2.05) is 0 Å². The number of hydrogen-bond acceptors (Lipinski definition) is 4. The average Bonchev–Trinajstić information content (AvgIpc) is 3.36. The molecular formula is C21H25N3O4. The largest absolute Gasteiger partial charge is 0.344 e. The lowest BCUT2D eigenvalue weighted by molar-refractivity contribution is -0.137. The number of likely N-dealkylation sites (tertiary alicyclic amines) is 1. The van der Waals surface area contributed by atoms with Crippen molar-refractivity contribution in [1.82, 2.24) is 10.2 Å². The van der Waals surface area contributed by atoms with Gasteiger partial charge in [0.2, 0.25) is 17.7 Å². The lowest BCUT2D eigenvalue weighted by atomic mass is 9.92. The van der Waals surface area contributed by atoms with Gasteiger partial charge in [-0.15, -0.1) is 0 Å². The summed E-state index contributed by atoms with van der Waals surface area (Å²) in [5, 5.41) is 5.51. The first-order valence-electron chi connectivity index (χ1n) is 9.89. The minimum atomic E-state index is -1.07. The summed E-state index contributed by atoms with van der Waals surface area (Å²) in [4.78, 5) is 52.9. The van der Waals surface area contributed by atoms with Crippen LogP contribution in [-0.4, -0.2) is 47.5 Å². The smallest absolute Gasteiger partial charge is 0.244 e. The molecule has 28 heavy (non-hydrogen) atoms. The molecule has 2 aliphatic heterocycles. The van der Waals surface area contributed by atoms with Crippen molar-refractivity contribution in [1.29, 1.82) is 0 Å². The monoisotopic (exact) mass is 383 g/mol. The highest BCUT2D eigenvalue weighted by Gasteiger charge is 2.73. The fraction of sp³-hybridized carbons (Fsp3) is 0.524. The first-order chi connectivity index (χ1) is 13.4. The number of ketones is 1. The molecular weight excluding hydrogens is 358 g/mol. The molecule has 148 valence electrons. The maximum absolute atomic E-state index is 13.1. The number of benzene rings is 1. The number of para-hydroxylation sites is 1. The second kappa shape index (κ2) is 6.72. The molecule has 1 aromatic rings. The van der Waals surface area contributed by atoms with Crippen LogP contribution in [0.25, 0.3) is 0 Å². The molecule has 0 aromatic heterocycles. The summed E-state index contributed by atoms with van der Waals surface area (Å²) in [5.74, 6) is -2.53. The second-order valence-electron chi connectivity index (χ2n) is 8.22. The Morgan fingerprint density at radius 1 is 1.18 bits per heavy atom. The zero-order valence-corrected chi connectivity index (χ0v) is 16.2. The molecule has 4 rings (SSSR count). The lowest BCUT2D eigenvalue weighted by Gasteiger charge is -2.29. The van der Waals surface area contributed by atoms with Gasteiger partial charge in [0, 0.05) is 18.7 Å². The Labute approximate surface area is 163 Å². The normalized spacial score (nSPS) is 29.7. The molecule has 0 spiro atoms. The second-order valence-corrected chi connectivity index (χ2v) is 8.22. The summed E-state index contributed by atoms with van der Waals surface area (Å²) >= 11 is 0. The molecule has 1 saturated carbocycles. The van der Waals surface area contributed by atoms with Crippen LogP contribution in [-0.2, 0) is 14.4 Å². The highest BCUT2D eigenvalue weighted by molar-refractivity contribution is 6.19. The number of nitrogens with zero attached hydrogens (tertiary/aromatic N) is 1. The van der Waals surface area contributed by atoms with Crippen LogP contribution >= 0.6 is 0 Å². The number of Topliss-reactive ketones (excluding diaryl/α,β-unsaturated/α-hetero) is 1. The van der Waals surface area contributed by atoms with Crippen molar-refractivity contribution in [3.63, 3.8) is 0 Å². The Balaban J connectivity index is 1.50. The van der Waals surface area contributed by atoms with Crippen LogP contribution in [0.3, 0.4) is 0 Å². The summed E-state index contributed by atoms with van der Waals surface area (Å²) < 4.78 is 0. The maximum atomic E-state index is 13.1. The molecule has 7 nitrogen and oxygen atoms in total. The summed E-state index contributed by atoms with van der Waals surface area (Å²) in [6.07, 6.45) is 3.07. The number of carbonyl (C=O) groups excluding carboxylic acids is 4. The Morgan fingerprint density at radius 2 is 1.86 bits per heavy atom. The van der Waals surface area contributed by atoms with Crippen molar-refractivity contribution in [3.05, 3.63) is 29.8 Å². The van der Waals surface area contributed by atoms with Crippen molar-refractivity contribution in [2.45, 2.75) is 39.2 Å². The van der Waals surface area contributed by atoms with Gasteiger partial charge in [0.05, 0.1) is 22.9 Å². The summed E-state index contributed by atoms with van der Waals surface area (Å²) in [6, 6.07) is 6.17. The summed E-state index contributed by atoms with van der Waals surface area (Å²) in [6.45, 7) is 4.75. The first-order valence-corrected chi connectivity index (χ1v) is 9.89. The number of hydrogen-bond donors (Lipinski definition) is 2. The number of piperidine rings is 1. The molecule has 2 N–H and O–H groups in total. The predicted molar refractivity (Wildman–Crippen MR) is 103 cm³/mol. The van der Waals surface area contributed by atoms with E-state index in [2.05, 4.69) is 10.6 Å². The van der Waals surface area contributed by atoms with Gasteiger partial charge in [0.15, 0.2) is 5.78 Å². The van der Waals surface area contributed by atoms with Crippen LogP contribution in [0.4, 0.5) is 5.69 Å². The Bertz CT molecular complexity index is 861. The van der Waals surface area contributed by atoms with Crippen LogP contribution in [0, 0.1) is 17.3 Å². The Hall–Kier alpha value is -2.70. The van der Waals surface area contributed by atoms with Crippen molar-refractivity contribution >= 4 is 29.2 Å². The fourth-order valence-corrected chi connectivity index (χ4v) is 4.69. The quantitative estimate of drug-likeness (QED) is 0.829. The Morgan fingerprint density at radius 3 is 2.57 bits per heavy atom. The zero-order valence-electron chi connectivity index (χ0n) is 16.2. The fourth-order valence-electron chi connectivity index (χ4n) is 4.69. The predicted octanol–water partition coefficient (Wildman–Crippen LogP) is 1.59. The molecule has 0 bridgehead atoms. The van der Waals surface area contributed by atoms with Gasteiger partial charge in [-0.05, 0) is 38.3 Å². The number of carbonyl (C=O) groups is 4. The molecule has 7 heteroatoms. The topological polar surface area (TPSA) is 95.6 Å². The van der Waals surface area contributed by atoms with Crippen molar-refractivity contribution < 1.29 is 19.2 Å². The summed E-state index contributed by atoms with van der Waals surface area (Å²) in [7, 11) is 0. The van der Waals surface area contributed by atoms with Crippen molar-refractivity contribution in [2.24, 2.45) is 17.3 Å². The standard InChI is InChI=1S/C21H25N3O4/c1-12(20(28)24-10-6-3-7-11-24)22-18(26)15-16-19(27)23-14-9-5-4-8-13(14)17(25)21(15,16)2/h4-5,8-9,12,15-16H,3,6-7,10-11H2,1-2H3,(H,22,26)(H,23,27)/t12-,15+,16+,21-/m1/s1. The third kappa shape index (κ3) is 2.80. The highest BCUT2D eigenvalue weighted by atomic mass is 16.2. The molecule has 2 heterocycles. The number of nitrogens with one attached hydrogen (secondary N) is 2. The van der Waals surface area contributed by atoms with E-state index < -0.39 is 29.2 Å². The molecule has 3 aliphatic rings. The van der Waals surface area contributed by atoms with Gasteiger partial charge in [-0.1, -0.05) is 19.1 Å². The number of rotatable bonds is 3. The van der Waals surface area contributed by atoms with Gasteiger partial charge in [-0.25, -0.2) is 0 Å². The van der Waals surface area contributed by atoms with Gasteiger partial charge < -0.3 is 15.5 Å². The average molecular weight is 383 g/mol. The lowest BCUT2D eigenvalue weighted by Crippen LogP contribution is -2.49. The SMILES string of the molecule is C[C@@H](NC(=O)[C@@H]1[C@H]2C(=O)Nc3ccccc3C(=O)[C@@]21C)C(=O)N1CCCCC1. The van der Waals surface area contributed by atoms with Gasteiger partial charge in [-0.3, -0.25) is 19.2 Å². The van der Waals surface area contributed by atoms with Crippen molar-refractivity contribution in [3.8, 4) is 0 Å². The van der Waals surface area contributed by atoms with Gasteiger partial charge >= 0.3 is 0 Å². The van der Waals surface area contributed by atoms with Gasteiger partial charge in [0.25, 0.3) is 0 Å². The van der Waals surface area contributed by atoms with E-state index in [1.165, 1.54) is 0 Å². The van der Waals surface area contributed by atoms with Crippen molar-refractivity contribution in [2.75, 3.05) is 18.4 Å². The summed E-state index contributed by atoms with van der Waals surface area (Å²) in [5.41, 5.74) is -0.165. The van der Waals surface area contributed by atoms with Crippen LogP contribution in [0.15, 0.2) is 24.3 Å². The van der Waals surface area contributed by atoms with Crippen LogP contribution in [0.5, 0.6) is 0 Å². The van der Waals surface area contributed by atoms with Gasteiger partial charge in [0.1, 0.15) is 6.04 Å². The number of anilines is 1. The number of amides is 3. The third-order valence-electron chi connectivity index (χ3n) is 6.40. The van der Waals surface area contributed by atoms with E-state index in [1.54, 1.807) is 43.0 Å². The van der Waals surface area contributed by atoms with Crippen LogP contribution in [0.2, 0.25) is 0 Å². The molecule has 2 fully saturated rings. The van der Waals surface area contributed by atoms with Crippen LogP contribution < -0.4 is 10.6 Å². The third-order valence-corrected chi connectivity index (χ3v) is 6.40. The van der Waals surface area contributed by atoms with E-state index in [9.17, 15) is 19.2 Å². The first kappa shape index (κ1) is 18.7. The molecule has 1 saturated heterocycles. The van der Waals surface area contributed by atoms with E-state index in [4.69, 9.17) is 0 Å².